The third kappa shape index (κ3) is 4.44. The molecule has 122 valence electrons. The molecule has 0 fully saturated rings. The molecule has 0 radical (unpaired) electrons. The Bertz CT molecular complexity index is 800. The summed E-state index contributed by atoms with van der Waals surface area (Å²) >= 11 is 0. The minimum absolute atomic E-state index is 0.102. The Kier molecular flexibility index (Phi) is 5.30. The van der Waals surface area contributed by atoms with Crippen molar-refractivity contribution in [3.63, 3.8) is 0 Å². The first-order valence-corrected chi connectivity index (χ1v) is 6.87. The van der Waals surface area contributed by atoms with Gasteiger partial charge < -0.3 is 10.2 Å². The summed E-state index contributed by atoms with van der Waals surface area (Å²) in [5, 5.41) is 19.0. The molecule has 2 rings (SSSR count). The van der Waals surface area contributed by atoms with Gasteiger partial charge in [0.15, 0.2) is 0 Å². The fraction of sp³-hybridized carbons (Fsp3) is 0. The molecule has 7 nitrogen and oxygen atoms in total. The summed E-state index contributed by atoms with van der Waals surface area (Å²) in [5.41, 5.74) is 4.45. The van der Waals surface area contributed by atoms with Crippen LogP contribution < -0.4 is 10.9 Å². The number of hydrogen-bond donors (Lipinski definition) is 4. The number of aliphatic hydroxyl groups is 1. The molecule has 0 unspecified atom stereocenters. The Balaban J connectivity index is 1.95. The van der Waals surface area contributed by atoms with E-state index >= 15 is 0 Å². The molecule has 0 aliphatic heterocycles. The van der Waals surface area contributed by atoms with Crippen molar-refractivity contribution in [1.82, 2.24) is 10.9 Å². The first-order valence-electron chi connectivity index (χ1n) is 6.87. The van der Waals surface area contributed by atoms with Crippen LogP contribution in [0, 0.1) is 0 Å². The van der Waals surface area contributed by atoms with E-state index in [1.54, 1.807) is 30.3 Å². The number of aliphatic hydroxyl groups excluding tert-OH is 1. The van der Waals surface area contributed by atoms with Crippen LogP contribution in [0.2, 0.25) is 0 Å². The van der Waals surface area contributed by atoms with Crippen LogP contribution >= 0.6 is 0 Å². The summed E-state index contributed by atoms with van der Waals surface area (Å²) < 4.78 is 0. The van der Waals surface area contributed by atoms with E-state index in [4.69, 9.17) is 0 Å². The second kappa shape index (κ2) is 7.59. The molecule has 0 saturated heterocycles. The average Bonchev–Trinajstić information content (AvgIpc) is 2.60. The van der Waals surface area contributed by atoms with Gasteiger partial charge in [-0.15, -0.1) is 0 Å². The number of aromatic hydroxyl groups is 1. The predicted octanol–water partition coefficient (Wildman–Crippen LogP) is 1.32. The molecular formula is C17H14N2O5. The Morgan fingerprint density at radius 2 is 1.54 bits per heavy atom. The molecule has 0 atom stereocenters. The summed E-state index contributed by atoms with van der Waals surface area (Å²) in [5.74, 6) is -3.34. The van der Waals surface area contributed by atoms with Gasteiger partial charge in [0.05, 0.1) is 0 Å². The predicted molar refractivity (Wildman–Crippen MR) is 85.8 cm³/mol. The number of phenolic OH excluding ortho intramolecular Hbond substituents is 1. The molecule has 0 aliphatic rings. The van der Waals surface area contributed by atoms with Crippen molar-refractivity contribution in [3.05, 3.63) is 71.8 Å². The van der Waals surface area contributed by atoms with Crippen LogP contribution in [0.1, 0.15) is 15.9 Å². The molecule has 0 spiro atoms. The number of phenols is 1. The van der Waals surface area contributed by atoms with Gasteiger partial charge in [0, 0.05) is 17.2 Å². The number of benzene rings is 2. The van der Waals surface area contributed by atoms with E-state index in [0.717, 1.165) is 6.08 Å². The number of hydrogen-bond acceptors (Lipinski definition) is 5. The Morgan fingerprint density at radius 3 is 2.21 bits per heavy atom. The molecular weight excluding hydrogens is 312 g/mol. The third-order valence-electron chi connectivity index (χ3n) is 2.96. The molecule has 7 heteroatoms. The average molecular weight is 326 g/mol. The largest absolute Gasteiger partial charge is 0.508 e. The van der Waals surface area contributed by atoms with Gasteiger partial charge in [-0.2, -0.15) is 0 Å². The van der Waals surface area contributed by atoms with Gasteiger partial charge in [-0.1, -0.05) is 36.4 Å². The zero-order valence-corrected chi connectivity index (χ0v) is 12.4. The van der Waals surface area contributed by atoms with E-state index in [1.165, 1.54) is 24.3 Å². The van der Waals surface area contributed by atoms with Gasteiger partial charge in [-0.05, 0) is 18.2 Å². The zero-order valence-electron chi connectivity index (χ0n) is 12.4. The summed E-state index contributed by atoms with van der Waals surface area (Å²) in [7, 11) is 0. The lowest BCUT2D eigenvalue weighted by Crippen LogP contribution is -2.44. The van der Waals surface area contributed by atoms with E-state index in [2.05, 4.69) is 0 Å². The number of nitrogens with one attached hydrogen (secondary N) is 2. The van der Waals surface area contributed by atoms with Crippen LogP contribution in [0.15, 0.2) is 60.7 Å². The van der Waals surface area contributed by atoms with Gasteiger partial charge in [0.25, 0.3) is 5.91 Å². The van der Waals surface area contributed by atoms with E-state index in [9.17, 15) is 24.6 Å². The first kappa shape index (κ1) is 16.8. The highest BCUT2D eigenvalue weighted by atomic mass is 16.3. The normalized spacial score (nSPS) is 10.8. The topological polar surface area (TPSA) is 116 Å². The Hall–Kier alpha value is -3.61. The highest BCUT2D eigenvalue weighted by molar-refractivity contribution is 6.41. The van der Waals surface area contributed by atoms with Crippen molar-refractivity contribution in [2.24, 2.45) is 0 Å². The smallest absolute Gasteiger partial charge is 0.310 e. The number of ketones is 1. The van der Waals surface area contributed by atoms with Crippen LogP contribution in [-0.4, -0.2) is 27.8 Å². The summed E-state index contributed by atoms with van der Waals surface area (Å²) in [6, 6.07) is 13.7. The second-order valence-electron chi connectivity index (χ2n) is 4.72. The minimum atomic E-state index is -1.12. The van der Waals surface area contributed by atoms with E-state index in [0.29, 0.717) is 5.56 Å². The zero-order chi connectivity index (χ0) is 17.5. The fourth-order valence-corrected chi connectivity index (χ4v) is 1.78. The monoisotopic (exact) mass is 326 g/mol. The van der Waals surface area contributed by atoms with Crippen molar-refractivity contribution in [1.29, 1.82) is 0 Å². The molecule has 0 heterocycles. The maximum atomic E-state index is 11.8. The van der Waals surface area contributed by atoms with Crippen molar-refractivity contribution in [2.45, 2.75) is 0 Å². The van der Waals surface area contributed by atoms with Crippen molar-refractivity contribution in [3.8, 4) is 5.75 Å². The highest BCUT2D eigenvalue weighted by Gasteiger charge is 2.14. The minimum Gasteiger partial charge on any atom is -0.508 e. The lowest BCUT2D eigenvalue weighted by atomic mass is 10.1. The molecule has 2 amide bonds. The van der Waals surface area contributed by atoms with Crippen molar-refractivity contribution < 1.29 is 24.6 Å². The first-order chi connectivity index (χ1) is 11.5. The standard InChI is InChI=1S/C17H14N2O5/c20-13-8-4-7-12(9-13)16(23)18-19-17(24)15(22)10-14(21)11-5-2-1-3-6-11/h1-10,20-21H,(H,18,23)(H,19,24)/b14-10-. The van der Waals surface area contributed by atoms with Gasteiger partial charge in [0.1, 0.15) is 11.5 Å². The van der Waals surface area contributed by atoms with Gasteiger partial charge in [-0.3, -0.25) is 25.2 Å². The third-order valence-corrected chi connectivity index (χ3v) is 2.96. The quantitative estimate of drug-likeness (QED) is 0.293. The van der Waals surface area contributed by atoms with Crippen molar-refractivity contribution >= 4 is 23.4 Å². The van der Waals surface area contributed by atoms with Crippen LogP contribution in [-0.2, 0) is 9.59 Å². The number of carbonyl (C=O) groups is 3. The molecule has 2 aromatic carbocycles. The number of carbonyl (C=O) groups excluding carboxylic acids is 3. The lowest BCUT2D eigenvalue weighted by molar-refractivity contribution is -0.135. The molecule has 0 bridgehead atoms. The number of hydrazine groups is 1. The molecule has 2 aromatic rings. The molecule has 0 aliphatic carbocycles. The maximum Gasteiger partial charge on any atom is 0.310 e. The Labute approximate surface area is 137 Å². The molecule has 0 aromatic heterocycles. The summed E-state index contributed by atoms with van der Waals surface area (Å²) in [6.45, 7) is 0. The van der Waals surface area contributed by atoms with Crippen LogP contribution in [0.3, 0.4) is 0 Å². The number of amides is 2. The Morgan fingerprint density at radius 1 is 0.875 bits per heavy atom. The van der Waals surface area contributed by atoms with Gasteiger partial charge >= 0.3 is 5.91 Å². The van der Waals surface area contributed by atoms with Crippen molar-refractivity contribution in [2.75, 3.05) is 0 Å². The lowest BCUT2D eigenvalue weighted by Gasteiger charge is -2.06. The van der Waals surface area contributed by atoms with Gasteiger partial charge in [0.2, 0.25) is 5.78 Å². The highest BCUT2D eigenvalue weighted by Crippen LogP contribution is 2.11. The molecule has 0 saturated carbocycles. The maximum absolute atomic E-state index is 11.8. The van der Waals surface area contributed by atoms with E-state index in [-0.39, 0.29) is 17.1 Å². The summed E-state index contributed by atoms with van der Waals surface area (Å²) in [6.07, 6.45) is 0.755. The second-order valence-corrected chi connectivity index (χ2v) is 4.72. The van der Waals surface area contributed by atoms with Crippen LogP contribution in [0.4, 0.5) is 0 Å². The molecule has 4 N–H and O–H groups in total. The molecule has 24 heavy (non-hydrogen) atoms. The van der Waals surface area contributed by atoms with E-state index in [1.807, 2.05) is 10.9 Å². The van der Waals surface area contributed by atoms with Gasteiger partial charge in [-0.25, -0.2) is 0 Å². The van der Waals surface area contributed by atoms with Crippen LogP contribution in [0.25, 0.3) is 5.76 Å². The van der Waals surface area contributed by atoms with Crippen LogP contribution in [0.5, 0.6) is 5.75 Å². The SMILES string of the molecule is O=C(/C=C(\O)c1ccccc1)C(=O)NNC(=O)c1cccc(O)c1. The number of rotatable bonds is 4. The summed E-state index contributed by atoms with van der Waals surface area (Å²) in [4.78, 5) is 35.1. The van der Waals surface area contributed by atoms with E-state index < -0.39 is 17.6 Å². The fourth-order valence-electron chi connectivity index (χ4n) is 1.78.